The highest BCUT2D eigenvalue weighted by Gasteiger charge is 2.23. The maximum absolute atomic E-state index is 9.49. The molecule has 0 amide bonds. The molecule has 25 heavy (non-hydrogen) atoms. The highest BCUT2D eigenvalue weighted by Crippen LogP contribution is 2.29. The van der Waals surface area contributed by atoms with E-state index in [1.54, 1.807) is 0 Å². The number of nitrogens with zero attached hydrogens (tertiary/aromatic N) is 2. The fourth-order valence-electron chi connectivity index (χ4n) is 2.68. The zero-order valence-corrected chi connectivity index (χ0v) is 13.9. The van der Waals surface area contributed by atoms with Crippen LogP contribution in [0.3, 0.4) is 0 Å². The number of pyridine rings is 1. The van der Waals surface area contributed by atoms with E-state index in [2.05, 4.69) is 21.5 Å². The van der Waals surface area contributed by atoms with Crippen molar-refractivity contribution in [2.45, 2.75) is 25.8 Å². The molecule has 1 aliphatic rings. The first-order valence-electron chi connectivity index (χ1n) is 8.35. The van der Waals surface area contributed by atoms with Crippen molar-refractivity contribution >= 4 is 16.6 Å². The van der Waals surface area contributed by atoms with Gasteiger partial charge in [0.25, 0.3) is 0 Å². The number of rotatable bonds is 4. The summed E-state index contributed by atoms with van der Waals surface area (Å²) in [5.74, 6) is 1.52. The number of aryl methyl sites for hydroxylation is 1. The van der Waals surface area contributed by atoms with Crippen LogP contribution in [0.5, 0.6) is 11.6 Å². The van der Waals surface area contributed by atoms with Gasteiger partial charge in [-0.1, -0.05) is 30.3 Å². The monoisotopic (exact) mass is 333 g/mol. The van der Waals surface area contributed by atoms with Crippen molar-refractivity contribution in [2.24, 2.45) is 4.99 Å². The third-order valence-electron chi connectivity index (χ3n) is 4.15. The van der Waals surface area contributed by atoms with E-state index < -0.39 is 0 Å². The minimum Gasteiger partial charge on any atom is -0.438 e. The molecule has 4 rings (SSSR count). The van der Waals surface area contributed by atoms with Crippen LogP contribution in [-0.4, -0.2) is 22.1 Å². The molecule has 0 aliphatic heterocycles. The van der Waals surface area contributed by atoms with Gasteiger partial charge in [0.05, 0.1) is 11.6 Å². The molecule has 1 heterocycles. The highest BCUT2D eigenvalue weighted by atomic mass is 16.5. The molecular weight excluding hydrogens is 314 g/mol. The Hall–Kier alpha value is -2.92. The van der Waals surface area contributed by atoms with E-state index in [0.717, 1.165) is 29.3 Å². The molecule has 0 spiro atoms. The van der Waals surface area contributed by atoms with Gasteiger partial charge < -0.3 is 4.74 Å². The number of aliphatic imine (C=N–C) groups is 1. The molecule has 1 aliphatic carbocycles. The van der Waals surface area contributed by atoms with Crippen LogP contribution in [0.4, 0.5) is 0 Å². The van der Waals surface area contributed by atoms with Crippen molar-refractivity contribution in [1.82, 2.24) is 10.5 Å². The Labute approximate surface area is 146 Å². The predicted octanol–water partition coefficient (Wildman–Crippen LogP) is 4.22. The molecule has 5 heteroatoms. The van der Waals surface area contributed by atoms with Gasteiger partial charge in [-0.3, -0.25) is 15.7 Å². The van der Waals surface area contributed by atoms with E-state index >= 15 is 0 Å². The fraction of sp³-hybridized carbons (Fsp3) is 0.200. The lowest BCUT2D eigenvalue weighted by Gasteiger charge is -2.12. The quantitative estimate of drug-likeness (QED) is 0.426. The SMILES string of the molecule is Cc1ccc(C(=NC2CC2)NO)c(Oc2ccc3ccccc3c2)n1. The van der Waals surface area contributed by atoms with Gasteiger partial charge >= 0.3 is 0 Å². The van der Waals surface area contributed by atoms with Crippen LogP contribution in [0.1, 0.15) is 24.1 Å². The summed E-state index contributed by atoms with van der Waals surface area (Å²) in [5, 5.41) is 11.7. The van der Waals surface area contributed by atoms with Gasteiger partial charge in [0.15, 0.2) is 5.84 Å². The number of ether oxygens (including phenoxy) is 1. The first kappa shape index (κ1) is 15.6. The third kappa shape index (κ3) is 3.46. The average Bonchev–Trinajstić information content (AvgIpc) is 3.44. The normalized spacial score (nSPS) is 14.6. The lowest BCUT2D eigenvalue weighted by molar-refractivity contribution is 0.234. The fourth-order valence-corrected chi connectivity index (χ4v) is 2.68. The number of aromatic nitrogens is 1. The van der Waals surface area contributed by atoms with Crippen molar-refractivity contribution in [3.63, 3.8) is 0 Å². The average molecular weight is 333 g/mol. The van der Waals surface area contributed by atoms with Gasteiger partial charge in [0.2, 0.25) is 5.88 Å². The molecule has 2 N–H and O–H groups in total. The number of nitrogens with one attached hydrogen (secondary N) is 1. The Kier molecular flexibility index (Phi) is 4.07. The van der Waals surface area contributed by atoms with E-state index in [0.29, 0.717) is 23.0 Å². The topological polar surface area (TPSA) is 66.7 Å². The van der Waals surface area contributed by atoms with Gasteiger partial charge in [-0.05, 0) is 54.8 Å². The largest absolute Gasteiger partial charge is 0.438 e. The number of fused-ring (bicyclic) bond motifs is 1. The number of amidine groups is 1. The van der Waals surface area contributed by atoms with Crippen molar-refractivity contribution < 1.29 is 9.94 Å². The first-order chi connectivity index (χ1) is 12.2. The molecule has 0 bridgehead atoms. The van der Waals surface area contributed by atoms with E-state index in [4.69, 9.17) is 4.74 Å². The number of hydrogen-bond donors (Lipinski definition) is 2. The van der Waals surface area contributed by atoms with Gasteiger partial charge in [-0.25, -0.2) is 4.98 Å². The van der Waals surface area contributed by atoms with Crippen LogP contribution in [-0.2, 0) is 0 Å². The summed E-state index contributed by atoms with van der Waals surface area (Å²) < 4.78 is 6.04. The Morgan fingerprint density at radius 3 is 2.68 bits per heavy atom. The summed E-state index contributed by atoms with van der Waals surface area (Å²) >= 11 is 0. The van der Waals surface area contributed by atoms with Crippen LogP contribution >= 0.6 is 0 Å². The number of hydroxylamine groups is 1. The third-order valence-corrected chi connectivity index (χ3v) is 4.15. The van der Waals surface area contributed by atoms with Gasteiger partial charge in [-0.2, -0.15) is 0 Å². The molecule has 2 aromatic carbocycles. The van der Waals surface area contributed by atoms with Crippen LogP contribution in [0, 0.1) is 6.92 Å². The summed E-state index contributed by atoms with van der Waals surface area (Å²) in [6, 6.07) is 18.0. The van der Waals surface area contributed by atoms with Crippen molar-refractivity contribution in [2.75, 3.05) is 0 Å². The zero-order valence-electron chi connectivity index (χ0n) is 13.9. The van der Waals surface area contributed by atoms with Crippen LogP contribution < -0.4 is 10.2 Å². The van der Waals surface area contributed by atoms with E-state index in [1.807, 2.05) is 55.5 Å². The summed E-state index contributed by atoms with van der Waals surface area (Å²) in [7, 11) is 0. The second-order valence-corrected chi connectivity index (χ2v) is 6.24. The molecule has 0 radical (unpaired) electrons. The Bertz CT molecular complexity index is 949. The summed E-state index contributed by atoms with van der Waals surface area (Å²) in [6.07, 6.45) is 2.09. The first-order valence-corrected chi connectivity index (χ1v) is 8.35. The minimum atomic E-state index is 0.268. The van der Waals surface area contributed by atoms with Gasteiger partial charge in [0.1, 0.15) is 5.75 Å². The van der Waals surface area contributed by atoms with Crippen LogP contribution in [0.15, 0.2) is 59.6 Å². The zero-order chi connectivity index (χ0) is 17.2. The van der Waals surface area contributed by atoms with Crippen molar-refractivity contribution in [3.8, 4) is 11.6 Å². The minimum absolute atomic E-state index is 0.268. The second-order valence-electron chi connectivity index (χ2n) is 6.24. The summed E-state index contributed by atoms with van der Waals surface area (Å²) in [4.78, 5) is 8.99. The lowest BCUT2D eigenvalue weighted by Crippen LogP contribution is -2.22. The summed E-state index contributed by atoms with van der Waals surface area (Å²) in [6.45, 7) is 1.90. The molecule has 3 aromatic rings. The maximum atomic E-state index is 9.49. The van der Waals surface area contributed by atoms with E-state index in [-0.39, 0.29) is 6.04 Å². The van der Waals surface area contributed by atoms with Gasteiger partial charge in [-0.15, -0.1) is 0 Å². The van der Waals surface area contributed by atoms with Crippen LogP contribution in [0.25, 0.3) is 10.8 Å². The summed E-state index contributed by atoms with van der Waals surface area (Å²) in [5.41, 5.74) is 3.68. The molecule has 1 fully saturated rings. The Morgan fingerprint density at radius 2 is 1.92 bits per heavy atom. The predicted molar refractivity (Wildman–Crippen MR) is 97.5 cm³/mol. The second kappa shape index (κ2) is 6.53. The Morgan fingerprint density at radius 1 is 1.12 bits per heavy atom. The van der Waals surface area contributed by atoms with Crippen LogP contribution in [0.2, 0.25) is 0 Å². The number of benzene rings is 2. The molecule has 126 valence electrons. The smallest absolute Gasteiger partial charge is 0.230 e. The highest BCUT2D eigenvalue weighted by molar-refractivity contribution is 6.00. The molecule has 1 saturated carbocycles. The molecular formula is C20H19N3O2. The van der Waals surface area contributed by atoms with E-state index in [1.165, 1.54) is 0 Å². The van der Waals surface area contributed by atoms with Crippen molar-refractivity contribution in [3.05, 3.63) is 65.9 Å². The Balaban J connectivity index is 1.71. The standard InChI is InChI=1S/C20H19N3O2/c1-13-6-11-18(19(23-24)22-16-8-9-16)20(21-13)25-17-10-7-14-4-2-3-5-15(14)12-17/h2-7,10-12,16,24H,8-9H2,1H3,(H,22,23). The molecule has 0 atom stereocenters. The van der Waals surface area contributed by atoms with E-state index in [9.17, 15) is 5.21 Å². The van der Waals surface area contributed by atoms with Crippen molar-refractivity contribution in [1.29, 1.82) is 0 Å². The number of hydrogen-bond acceptors (Lipinski definition) is 4. The molecule has 0 unspecified atom stereocenters. The lowest BCUT2D eigenvalue weighted by atomic mass is 10.1. The van der Waals surface area contributed by atoms with Gasteiger partial charge in [0, 0.05) is 5.69 Å². The molecule has 1 aromatic heterocycles. The molecule has 0 saturated heterocycles. The molecule has 5 nitrogen and oxygen atoms in total. The maximum Gasteiger partial charge on any atom is 0.230 e.